The summed E-state index contributed by atoms with van der Waals surface area (Å²) in [5, 5.41) is 0. The van der Waals surface area contributed by atoms with Gasteiger partial charge in [-0.25, -0.2) is 4.98 Å². The van der Waals surface area contributed by atoms with Gasteiger partial charge in [-0.05, 0) is 38.1 Å². The van der Waals surface area contributed by atoms with Crippen molar-refractivity contribution in [3.05, 3.63) is 48.3 Å². The molecule has 0 N–H and O–H groups in total. The monoisotopic (exact) mass is 368 g/mol. The Bertz CT molecular complexity index is 751. The van der Waals surface area contributed by atoms with Crippen molar-refractivity contribution in [2.24, 2.45) is 0 Å². The number of anilines is 2. The molecule has 2 aromatic rings. The van der Waals surface area contributed by atoms with Gasteiger partial charge in [-0.1, -0.05) is 12.1 Å². The molecule has 0 unspecified atom stereocenters. The van der Waals surface area contributed by atoms with Crippen LogP contribution in [-0.4, -0.2) is 62.2 Å². The number of hydrogen-bond acceptors (Lipinski definition) is 5. The minimum Gasteiger partial charge on any atom is -0.495 e. The van der Waals surface area contributed by atoms with Crippen LogP contribution in [0, 0.1) is 0 Å². The number of hydrogen-bond donors (Lipinski definition) is 0. The molecule has 1 fully saturated rings. The minimum atomic E-state index is 0.000716. The molecule has 0 radical (unpaired) electrons. The highest BCUT2D eigenvalue weighted by Gasteiger charge is 2.24. The van der Waals surface area contributed by atoms with Gasteiger partial charge in [-0.15, -0.1) is 0 Å². The first-order valence-corrected chi connectivity index (χ1v) is 9.56. The number of aromatic nitrogens is 1. The molecule has 1 aliphatic heterocycles. The number of rotatable bonds is 6. The zero-order valence-electron chi connectivity index (χ0n) is 16.4. The zero-order valence-corrected chi connectivity index (χ0v) is 16.4. The van der Waals surface area contributed by atoms with Crippen molar-refractivity contribution in [2.75, 3.05) is 56.2 Å². The van der Waals surface area contributed by atoms with Gasteiger partial charge in [0.1, 0.15) is 11.4 Å². The number of amides is 1. The summed E-state index contributed by atoms with van der Waals surface area (Å²) in [6.45, 7) is 9.00. The molecule has 27 heavy (non-hydrogen) atoms. The summed E-state index contributed by atoms with van der Waals surface area (Å²) in [6.07, 6.45) is 1.80. The molecular weight excluding hydrogens is 340 g/mol. The van der Waals surface area contributed by atoms with E-state index in [-0.39, 0.29) is 5.91 Å². The summed E-state index contributed by atoms with van der Waals surface area (Å²) in [4.78, 5) is 23.6. The van der Waals surface area contributed by atoms with Crippen LogP contribution in [0.1, 0.15) is 24.3 Å². The van der Waals surface area contributed by atoms with Gasteiger partial charge in [0, 0.05) is 39.3 Å². The topological polar surface area (TPSA) is 48.9 Å². The van der Waals surface area contributed by atoms with Gasteiger partial charge in [0.2, 0.25) is 0 Å². The van der Waals surface area contributed by atoms with E-state index in [2.05, 4.69) is 34.7 Å². The van der Waals surface area contributed by atoms with E-state index in [0.717, 1.165) is 43.3 Å². The number of carbonyl (C=O) groups is 1. The highest BCUT2D eigenvalue weighted by Crippen LogP contribution is 2.28. The van der Waals surface area contributed by atoms with E-state index in [1.807, 2.05) is 35.2 Å². The Hall–Kier alpha value is -2.76. The lowest BCUT2D eigenvalue weighted by Crippen LogP contribution is -2.49. The average molecular weight is 368 g/mol. The van der Waals surface area contributed by atoms with Crippen LogP contribution in [0.2, 0.25) is 0 Å². The maximum absolute atomic E-state index is 12.8. The van der Waals surface area contributed by atoms with Gasteiger partial charge in [-0.3, -0.25) is 4.79 Å². The van der Waals surface area contributed by atoms with Crippen LogP contribution in [0.3, 0.4) is 0 Å². The van der Waals surface area contributed by atoms with Gasteiger partial charge in [0.25, 0.3) is 5.91 Å². The summed E-state index contributed by atoms with van der Waals surface area (Å²) in [6, 6.07) is 11.8. The summed E-state index contributed by atoms with van der Waals surface area (Å²) >= 11 is 0. The number of piperazine rings is 1. The highest BCUT2D eigenvalue weighted by atomic mass is 16.5. The van der Waals surface area contributed by atoms with E-state index in [1.165, 1.54) is 0 Å². The summed E-state index contributed by atoms with van der Waals surface area (Å²) in [5.41, 5.74) is 2.64. The fourth-order valence-electron chi connectivity index (χ4n) is 3.49. The molecule has 1 saturated heterocycles. The predicted octanol–water partition coefficient (Wildman–Crippen LogP) is 2.90. The summed E-state index contributed by atoms with van der Waals surface area (Å²) in [5.74, 6) is 0.867. The van der Waals surface area contributed by atoms with E-state index in [1.54, 1.807) is 13.3 Å². The number of benzene rings is 1. The van der Waals surface area contributed by atoms with Gasteiger partial charge in [0.15, 0.2) is 0 Å². The van der Waals surface area contributed by atoms with Crippen molar-refractivity contribution in [1.82, 2.24) is 9.88 Å². The first kappa shape index (κ1) is 19.0. The quantitative estimate of drug-likeness (QED) is 0.785. The Balaban J connectivity index is 1.63. The molecule has 3 rings (SSSR count). The minimum absolute atomic E-state index is 0.000716. The number of methoxy groups -OCH3 is 1. The lowest BCUT2D eigenvalue weighted by atomic mass is 10.2. The second-order valence-corrected chi connectivity index (χ2v) is 6.53. The molecule has 6 nitrogen and oxygen atoms in total. The van der Waals surface area contributed by atoms with Crippen molar-refractivity contribution in [2.45, 2.75) is 13.8 Å². The van der Waals surface area contributed by atoms with Gasteiger partial charge in [-0.2, -0.15) is 0 Å². The van der Waals surface area contributed by atoms with Crippen molar-refractivity contribution in [3.8, 4) is 5.75 Å². The Morgan fingerprint density at radius 1 is 1.07 bits per heavy atom. The maximum Gasteiger partial charge on any atom is 0.272 e. The fourth-order valence-corrected chi connectivity index (χ4v) is 3.49. The third-order valence-corrected chi connectivity index (χ3v) is 5.09. The zero-order chi connectivity index (χ0) is 19.2. The van der Waals surface area contributed by atoms with Crippen LogP contribution in [0.4, 0.5) is 11.4 Å². The molecular formula is C21H28N4O2. The van der Waals surface area contributed by atoms with Gasteiger partial charge in [0.05, 0.1) is 24.7 Å². The molecule has 1 aromatic heterocycles. The molecule has 1 aliphatic rings. The molecule has 2 heterocycles. The second kappa shape index (κ2) is 8.75. The Morgan fingerprint density at radius 2 is 1.78 bits per heavy atom. The molecule has 0 atom stereocenters. The Kier molecular flexibility index (Phi) is 6.16. The molecule has 0 aliphatic carbocycles. The SMILES string of the molecule is CCN(CC)c1ccc(C(=O)N2CCN(c3ccccc3OC)CC2)nc1. The predicted molar refractivity (Wildman–Crippen MR) is 109 cm³/mol. The largest absolute Gasteiger partial charge is 0.495 e. The molecule has 1 aromatic carbocycles. The third kappa shape index (κ3) is 4.15. The van der Waals surface area contributed by atoms with Crippen molar-refractivity contribution >= 4 is 17.3 Å². The van der Waals surface area contributed by atoms with Crippen LogP contribution in [0.15, 0.2) is 42.6 Å². The van der Waals surface area contributed by atoms with E-state index >= 15 is 0 Å². The molecule has 6 heteroatoms. The number of pyridine rings is 1. The van der Waals surface area contributed by atoms with Crippen LogP contribution >= 0.6 is 0 Å². The van der Waals surface area contributed by atoms with Crippen molar-refractivity contribution < 1.29 is 9.53 Å². The standard InChI is InChI=1S/C21H28N4O2/c1-4-23(5-2)17-10-11-18(22-16-17)21(26)25-14-12-24(13-15-25)19-8-6-7-9-20(19)27-3/h6-11,16H,4-5,12-15H2,1-3H3. The van der Waals surface area contributed by atoms with Crippen LogP contribution < -0.4 is 14.5 Å². The first-order valence-electron chi connectivity index (χ1n) is 9.56. The third-order valence-electron chi connectivity index (χ3n) is 5.09. The van der Waals surface area contributed by atoms with Crippen LogP contribution in [0.25, 0.3) is 0 Å². The highest BCUT2D eigenvalue weighted by molar-refractivity contribution is 5.92. The smallest absolute Gasteiger partial charge is 0.272 e. The molecule has 144 valence electrons. The number of ether oxygens (including phenoxy) is 1. The fraction of sp³-hybridized carbons (Fsp3) is 0.429. The molecule has 0 saturated carbocycles. The molecule has 0 bridgehead atoms. The summed E-state index contributed by atoms with van der Waals surface area (Å²) in [7, 11) is 1.69. The van der Waals surface area contributed by atoms with Crippen LogP contribution in [-0.2, 0) is 0 Å². The first-order chi connectivity index (χ1) is 13.2. The summed E-state index contributed by atoms with van der Waals surface area (Å²) < 4.78 is 5.45. The van der Waals surface area contributed by atoms with E-state index in [0.29, 0.717) is 18.8 Å². The van der Waals surface area contributed by atoms with Crippen molar-refractivity contribution in [3.63, 3.8) is 0 Å². The number of nitrogens with zero attached hydrogens (tertiary/aromatic N) is 4. The molecule has 0 spiro atoms. The normalized spacial score (nSPS) is 14.2. The Labute approximate surface area is 161 Å². The van der Waals surface area contributed by atoms with Gasteiger partial charge >= 0.3 is 0 Å². The number of carbonyl (C=O) groups excluding carboxylic acids is 1. The molecule has 1 amide bonds. The van der Waals surface area contributed by atoms with Crippen molar-refractivity contribution in [1.29, 1.82) is 0 Å². The van der Waals surface area contributed by atoms with E-state index < -0.39 is 0 Å². The van der Waals surface area contributed by atoms with E-state index in [4.69, 9.17) is 4.74 Å². The van der Waals surface area contributed by atoms with Crippen LogP contribution in [0.5, 0.6) is 5.75 Å². The van der Waals surface area contributed by atoms with Gasteiger partial charge < -0.3 is 19.4 Å². The maximum atomic E-state index is 12.8. The van der Waals surface area contributed by atoms with E-state index in [9.17, 15) is 4.79 Å². The number of para-hydroxylation sites is 2. The lowest BCUT2D eigenvalue weighted by molar-refractivity contribution is 0.0741. The lowest BCUT2D eigenvalue weighted by Gasteiger charge is -2.36. The average Bonchev–Trinajstić information content (AvgIpc) is 2.74. The second-order valence-electron chi connectivity index (χ2n) is 6.53. The Morgan fingerprint density at radius 3 is 2.37 bits per heavy atom.